The fourth-order valence-corrected chi connectivity index (χ4v) is 3.15. The number of ether oxygens (including phenoxy) is 3. The van der Waals surface area contributed by atoms with Crippen LogP contribution in [0.5, 0.6) is 0 Å². The summed E-state index contributed by atoms with van der Waals surface area (Å²) in [5.41, 5.74) is 5.37. The number of carbonyl (C=O) groups is 3. The van der Waals surface area contributed by atoms with Gasteiger partial charge < -0.3 is 19.9 Å². The van der Waals surface area contributed by atoms with Crippen LogP contribution < -0.4 is 5.73 Å². The molecule has 142 valence electrons. The number of anilines is 1. The van der Waals surface area contributed by atoms with Gasteiger partial charge in [0.1, 0.15) is 22.0 Å². The number of thiophene rings is 1. The predicted molar refractivity (Wildman–Crippen MR) is 93.6 cm³/mol. The van der Waals surface area contributed by atoms with E-state index in [1.54, 1.807) is 0 Å². The van der Waals surface area contributed by atoms with Crippen LogP contribution in [0.2, 0.25) is 0 Å². The Morgan fingerprint density at radius 2 is 1.81 bits per heavy atom. The third-order valence-corrected chi connectivity index (χ3v) is 4.48. The van der Waals surface area contributed by atoms with Crippen molar-refractivity contribution in [2.45, 2.75) is 6.61 Å². The highest BCUT2D eigenvalue weighted by Gasteiger charge is 2.28. The van der Waals surface area contributed by atoms with Crippen molar-refractivity contribution in [1.82, 2.24) is 0 Å². The lowest BCUT2D eigenvalue weighted by molar-refractivity contribution is -0.384. The van der Waals surface area contributed by atoms with Crippen molar-refractivity contribution in [3.05, 3.63) is 55.9 Å². The number of hydrogen-bond acceptors (Lipinski definition) is 10. The smallest absolute Gasteiger partial charge is 0.348 e. The highest BCUT2D eigenvalue weighted by atomic mass is 32.1. The monoisotopic (exact) mass is 394 g/mol. The first-order valence-electron chi connectivity index (χ1n) is 7.29. The second kappa shape index (κ2) is 8.27. The van der Waals surface area contributed by atoms with Gasteiger partial charge in [0.2, 0.25) is 0 Å². The number of nitrogen functional groups attached to an aromatic ring is 1. The van der Waals surface area contributed by atoms with Crippen molar-refractivity contribution in [3.8, 4) is 0 Å². The average Bonchev–Trinajstić information content (AvgIpc) is 3.00. The summed E-state index contributed by atoms with van der Waals surface area (Å²) < 4.78 is 14.4. The highest BCUT2D eigenvalue weighted by Crippen LogP contribution is 2.33. The van der Waals surface area contributed by atoms with Gasteiger partial charge in [-0.1, -0.05) is 6.07 Å². The molecule has 10 nitrogen and oxygen atoms in total. The number of rotatable bonds is 6. The minimum Gasteiger partial charge on any atom is -0.465 e. The molecule has 2 N–H and O–H groups in total. The first kappa shape index (κ1) is 19.8. The van der Waals surface area contributed by atoms with Gasteiger partial charge in [-0.25, -0.2) is 14.4 Å². The summed E-state index contributed by atoms with van der Waals surface area (Å²) in [4.78, 5) is 46.2. The molecule has 0 aliphatic rings. The van der Waals surface area contributed by atoms with Crippen LogP contribution in [0.15, 0.2) is 24.3 Å². The molecule has 0 aliphatic heterocycles. The molecule has 2 aromatic rings. The van der Waals surface area contributed by atoms with Crippen molar-refractivity contribution in [2.75, 3.05) is 20.0 Å². The maximum absolute atomic E-state index is 12.2. The molecule has 0 bridgehead atoms. The van der Waals surface area contributed by atoms with E-state index in [-0.39, 0.29) is 32.3 Å². The Hall–Kier alpha value is -3.47. The molecule has 0 saturated carbocycles. The van der Waals surface area contributed by atoms with Gasteiger partial charge in [0.25, 0.3) is 5.69 Å². The molecule has 0 fully saturated rings. The van der Waals surface area contributed by atoms with Crippen molar-refractivity contribution < 1.29 is 33.5 Å². The Bertz CT molecular complexity index is 921. The van der Waals surface area contributed by atoms with Crippen LogP contribution in [0.3, 0.4) is 0 Å². The summed E-state index contributed by atoms with van der Waals surface area (Å²) in [5.74, 6) is -2.45. The summed E-state index contributed by atoms with van der Waals surface area (Å²) in [5, 5.41) is 10.8. The fourth-order valence-electron chi connectivity index (χ4n) is 2.17. The molecule has 1 heterocycles. The molecule has 0 spiro atoms. The van der Waals surface area contributed by atoms with Crippen LogP contribution >= 0.6 is 11.3 Å². The molecule has 0 atom stereocenters. The first-order valence-corrected chi connectivity index (χ1v) is 8.11. The van der Waals surface area contributed by atoms with E-state index in [1.807, 2.05) is 0 Å². The quantitative estimate of drug-likeness (QED) is 0.337. The van der Waals surface area contributed by atoms with E-state index in [0.717, 1.165) is 31.6 Å². The van der Waals surface area contributed by atoms with E-state index in [9.17, 15) is 24.5 Å². The van der Waals surface area contributed by atoms with E-state index in [1.165, 1.54) is 18.2 Å². The van der Waals surface area contributed by atoms with Crippen molar-refractivity contribution in [2.24, 2.45) is 0 Å². The largest absolute Gasteiger partial charge is 0.465 e. The number of nitrogens with two attached hydrogens (primary N) is 1. The summed E-state index contributed by atoms with van der Waals surface area (Å²) in [7, 11) is 2.28. The topological polar surface area (TPSA) is 148 Å². The third kappa shape index (κ3) is 4.20. The number of esters is 3. The summed E-state index contributed by atoms with van der Waals surface area (Å²) in [6.45, 7) is -0.482. The minimum absolute atomic E-state index is 0.00338. The van der Waals surface area contributed by atoms with Crippen LogP contribution in [-0.4, -0.2) is 37.1 Å². The molecule has 1 aromatic heterocycles. The Morgan fingerprint density at radius 3 is 2.41 bits per heavy atom. The second-order valence-electron chi connectivity index (χ2n) is 5.02. The molecule has 27 heavy (non-hydrogen) atoms. The molecule has 0 saturated heterocycles. The fraction of sp³-hybridized carbons (Fsp3) is 0.188. The minimum atomic E-state index is -0.880. The molecule has 0 radical (unpaired) electrons. The lowest BCUT2D eigenvalue weighted by atomic mass is 10.1. The maximum Gasteiger partial charge on any atom is 0.348 e. The maximum atomic E-state index is 12.2. The average molecular weight is 394 g/mol. The van der Waals surface area contributed by atoms with Gasteiger partial charge in [-0.2, -0.15) is 0 Å². The van der Waals surface area contributed by atoms with Crippen LogP contribution in [0.25, 0.3) is 0 Å². The van der Waals surface area contributed by atoms with Crippen molar-refractivity contribution in [1.29, 1.82) is 0 Å². The summed E-state index contributed by atoms with van der Waals surface area (Å²) >= 11 is 0.793. The molecule has 0 unspecified atom stereocenters. The Balaban J connectivity index is 2.32. The zero-order chi connectivity index (χ0) is 20.1. The third-order valence-electron chi connectivity index (χ3n) is 3.43. The zero-order valence-electron chi connectivity index (χ0n) is 14.2. The van der Waals surface area contributed by atoms with Gasteiger partial charge in [-0.3, -0.25) is 10.1 Å². The predicted octanol–water partition coefficient (Wildman–Crippen LogP) is 2.17. The molecular formula is C16H14N2O8S. The van der Waals surface area contributed by atoms with Gasteiger partial charge >= 0.3 is 17.9 Å². The van der Waals surface area contributed by atoms with Gasteiger partial charge in [0.05, 0.1) is 24.7 Å². The van der Waals surface area contributed by atoms with Gasteiger partial charge in [0, 0.05) is 17.7 Å². The SMILES string of the molecule is COC(=O)c1sc(N)c(C(=O)OC)c1COC(=O)c1cccc([N+](=O)[O-])c1. The molecule has 2 rings (SSSR count). The van der Waals surface area contributed by atoms with Gasteiger partial charge in [-0.05, 0) is 6.07 Å². The van der Waals surface area contributed by atoms with Gasteiger partial charge in [-0.15, -0.1) is 11.3 Å². The van der Waals surface area contributed by atoms with Crippen LogP contribution in [-0.2, 0) is 20.8 Å². The number of methoxy groups -OCH3 is 2. The summed E-state index contributed by atoms with van der Waals surface area (Å²) in [6, 6.07) is 4.94. The van der Waals surface area contributed by atoms with Crippen molar-refractivity contribution >= 4 is 39.9 Å². The zero-order valence-corrected chi connectivity index (χ0v) is 15.0. The Labute approximate surface area is 156 Å². The first-order chi connectivity index (χ1) is 12.8. The van der Waals surface area contributed by atoms with Crippen LogP contribution in [0.1, 0.15) is 36.0 Å². The van der Waals surface area contributed by atoms with Crippen LogP contribution in [0, 0.1) is 10.1 Å². The van der Waals surface area contributed by atoms with Crippen molar-refractivity contribution in [3.63, 3.8) is 0 Å². The molecule has 0 amide bonds. The molecule has 1 aromatic carbocycles. The molecule has 11 heteroatoms. The highest BCUT2D eigenvalue weighted by molar-refractivity contribution is 7.18. The van der Waals surface area contributed by atoms with Gasteiger partial charge in [0.15, 0.2) is 0 Å². The van der Waals surface area contributed by atoms with E-state index in [2.05, 4.69) is 9.47 Å². The van der Waals surface area contributed by atoms with E-state index >= 15 is 0 Å². The second-order valence-corrected chi connectivity index (χ2v) is 6.07. The van der Waals surface area contributed by atoms with Crippen LogP contribution in [0.4, 0.5) is 10.7 Å². The standard InChI is InChI=1S/C16H14N2O8S/c1-24-15(20)11-10(12(16(21)25-2)27-13(11)17)7-26-14(19)8-4-3-5-9(6-8)18(22)23/h3-6H,7,17H2,1-2H3. The number of benzene rings is 1. The summed E-state index contributed by atoms with van der Waals surface area (Å²) in [6.07, 6.45) is 0. The molecule has 0 aliphatic carbocycles. The Kier molecular flexibility index (Phi) is 6.08. The lowest BCUT2D eigenvalue weighted by Gasteiger charge is -2.08. The lowest BCUT2D eigenvalue weighted by Crippen LogP contribution is -2.12. The normalized spacial score (nSPS) is 10.1. The van der Waals surface area contributed by atoms with E-state index in [4.69, 9.17) is 10.5 Å². The number of non-ortho nitro benzene ring substituents is 1. The van der Waals surface area contributed by atoms with E-state index < -0.39 is 29.4 Å². The number of nitro benzene ring substituents is 1. The van der Waals surface area contributed by atoms with E-state index in [0.29, 0.717) is 0 Å². The number of carbonyl (C=O) groups excluding carboxylic acids is 3. The Morgan fingerprint density at radius 1 is 1.15 bits per heavy atom. The number of nitrogens with zero attached hydrogens (tertiary/aromatic N) is 1. The number of nitro groups is 1. The molecular weight excluding hydrogens is 380 g/mol. The number of hydrogen-bond donors (Lipinski definition) is 1.